The molecule has 2 aromatic rings. The van der Waals surface area contributed by atoms with Gasteiger partial charge in [-0.1, -0.05) is 0 Å². The number of rotatable bonds is 6. The fraction of sp³-hybridized carbons (Fsp3) is 0.389. The zero-order chi connectivity index (χ0) is 17.7. The summed E-state index contributed by atoms with van der Waals surface area (Å²) in [6.45, 7) is 8.89. The van der Waals surface area contributed by atoms with E-state index in [2.05, 4.69) is 21.8 Å². The van der Waals surface area contributed by atoms with Gasteiger partial charge in [-0.2, -0.15) is 0 Å². The Morgan fingerprint density at radius 3 is 2.38 bits per heavy atom. The van der Waals surface area contributed by atoms with Gasteiger partial charge in [0.1, 0.15) is 0 Å². The smallest absolute Gasteiger partial charge is 0.338 e. The first kappa shape index (κ1) is 18.3. The number of anilines is 2. The molecule has 0 atom stereocenters. The molecule has 0 aliphatic rings. The van der Waals surface area contributed by atoms with Gasteiger partial charge in [0.25, 0.3) is 0 Å². The number of aromatic nitrogens is 2. The van der Waals surface area contributed by atoms with Crippen LogP contribution in [0, 0.1) is 13.8 Å². The second kappa shape index (κ2) is 8.15. The van der Waals surface area contributed by atoms with Crippen molar-refractivity contribution >= 4 is 29.4 Å². The van der Waals surface area contributed by atoms with Crippen LogP contribution >= 0.6 is 11.8 Å². The Labute approximate surface area is 147 Å². The Bertz CT molecular complexity index is 714. The number of aryl methyl sites for hydroxylation is 2. The third-order valence-corrected chi connectivity index (χ3v) is 4.28. The molecule has 0 saturated heterocycles. The van der Waals surface area contributed by atoms with E-state index in [1.807, 2.05) is 38.3 Å². The Balaban J connectivity index is 2.46. The lowest BCUT2D eigenvalue weighted by Crippen LogP contribution is -2.20. The molecule has 1 aromatic carbocycles. The maximum Gasteiger partial charge on any atom is 0.338 e. The number of benzene rings is 1. The highest BCUT2D eigenvalue weighted by Crippen LogP contribution is 2.33. The first-order chi connectivity index (χ1) is 11.5. The monoisotopic (exact) mass is 345 g/mol. The van der Waals surface area contributed by atoms with E-state index in [0.29, 0.717) is 18.1 Å². The number of hydrogen-bond acceptors (Lipinski definition) is 6. The average molecular weight is 345 g/mol. The summed E-state index contributed by atoms with van der Waals surface area (Å²) in [5.41, 5.74) is 3.42. The Morgan fingerprint density at radius 1 is 1.17 bits per heavy atom. The van der Waals surface area contributed by atoms with Crippen LogP contribution in [-0.4, -0.2) is 35.3 Å². The molecule has 0 aliphatic heterocycles. The summed E-state index contributed by atoms with van der Waals surface area (Å²) >= 11 is 1.59. The molecule has 0 spiro atoms. The molecular formula is C18H23N3O2S. The summed E-state index contributed by atoms with van der Waals surface area (Å²) in [6, 6.07) is 7.54. The van der Waals surface area contributed by atoms with Crippen LogP contribution in [-0.2, 0) is 4.74 Å². The van der Waals surface area contributed by atoms with Gasteiger partial charge >= 0.3 is 5.97 Å². The lowest BCUT2D eigenvalue weighted by Gasteiger charge is -2.24. The fourth-order valence-electron chi connectivity index (χ4n) is 2.49. The van der Waals surface area contributed by atoms with Gasteiger partial charge in [-0.05, 0) is 58.2 Å². The molecule has 0 radical (unpaired) electrons. The van der Waals surface area contributed by atoms with Gasteiger partial charge in [-0.3, -0.25) is 0 Å². The van der Waals surface area contributed by atoms with E-state index < -0.39 is 0 Å². The SMILES string of the molecule is CCOC(=O)c1ccc(N(CC)c2nc(C)cc(C)n2)c(SC)c1. The largest absolute Gasteiger partial charge is 0.462 e. The summed E-state index contributed by atoms with van der Waals surface area (Å²) in [6.07, 6.45) is 1.99. The topological polar surface area (TPSA) is 55.3 Å². The molecule has 0 amide bonds. The fourth-order valence-corrected chi connectivity index (χ4v) is 3.12. The van der Waals surface area contributed by atoms with Crippen molar-refractivity contribution in [1.29, 1.82) is 0 Å². The highest BCUT2D eigenvalue weighted by atomic mass is 32.2. The van der Waals surface area contributed by atoms with Crippen LogP contribution in [0.3, 0.4) is 0 Å². The molecule has 0 unspecified atom stereocenters. The molecule has 1 aromatic heterocycles. The van der Waals surface area contributed by atoms with E-state index in [1.165, 1.54) is 0 Å². The maximum absolute atomic E-state index is 12.0. The van der Waals surface area contributed by atoms with Crippen molar-refractivity contribution in [2.45, 2.75) is 32.6 Å². The lowest BCUT2D eigenvalue weighted by atomic mass is 10.2. The molecule has 24 heavy (non-hydrogen) atoms. The van der Waals surface area contributed by atoms with E-state index in [-0.39, 0.29) is 5.97 Å². The van der Waals surface area contributed by atoms with Gasteiger partial charge in [0.05, 0.1) is 17.9 Å². The first-order valence-corrected chi connectivity index (χ1v) is 9.17. The number of ether oxygens (including phenoxy) is 1. The highest BCUT2D eigenvalue weighted by Gasteiger charge is 2.17. The standard InChI is InChI=1S/C18H23N3O2S/c1-6-21(18-19-12(3)10-13(4)20-18)15-9-8-14(11-16(15)24-5)17(22)23-7-2/h8-11H,6-7H2,1-5H3. The zero-order valence-corrected chi connectivity index (χ0v) is 15.6. The van der Waals surface area contributed by atoms with E-state index in [1.54, 1.807) is 24.8 Å². The summed E-state index contributed by atoms with van der Waals surface area (Å²) in [7, 11) is 0. The van der Waals surface area contributed by atoms with Gasteiger partial charge in [0.15, 0.2) is 0 Å². The number of nitrogens with zero attached hydrogens (tertiary/aromatic N) is 3. The maximum atomic E-state index is 12.0. The molecule has 128 valence electrons. The van der Waals surface area contributed by atoms with E-state index in [9.17, 15) is 4.79 Å². The van der Waals surface area contributed by atoms with Gasteiger partial charge in [0.2, 0.25) is 5.95 Å². The number of hydrogen-bond donors (Lipinski definition) is 0. The summed E-state index contributed by atoms with van der Waals surface area (Å²) in [5.74, 6) is 0.374. The molecule has 0 bridgehead atoms. The normalized spacial score (nSPS) is 10.5. The van der Waals surface area contributed by atoms with Gasteiger partial charge in [-0.25, -0.2) is 14.8 Å². The summed E-state index contributed by atoms with van der Waals surface area (Å²) in [4.78, 5) is 24.1. The van der Waals surface area contributed by atoms with Crippen LogP contribution in [0.4, 0.5) is 11.6 Å². The molecule has 2 rings (SSSR count). The van der Waals surface area contributed by atoms with Gasteiger partial charge in [-0.15, -0.1) is 11.8 Å². The third-order valence-electron chi connectivity index (χ3n) is 3.51. The minimum atomic E-state index is -0.301. The lowest BCUT2D eigenvalue weighted by molar-refractivity contribution is 0.0526. The number of thioether (sulfide) groups is 1. The van der Waals surface area contributed by atoms with Crippen molar-refractivity contribution in [3.8, 4) is 0 Å². The van der Waals surface area contributed by atoms with Crippen molar-refractivity contribution in [1.82, 2.24) is 9.97 Å². The number of carbonyl (C=O) groups is 1. The molecule has 0 N–H and O–H groups in total. The van der Waals surface area contributed by atoms with Crippen molar-refractivity contribution in [3.05, 3.63) is 41.2 Å². The summed E-state index contributed by atoms with van der Waals surface area (Å²) in [5, 5.41) is 0. The molecule has 1 heterocycles. The average Bonchev–Trinajstić information content (AvgIpc) is 2.55. The number of esters is 1. The van der Waals surface area contributed by atoms with Crippen molar-refractivity contribution in [2.75, 3.05) is 24.3 Å². The van der Waals surface area contributed by atoms with Crippen molar-refractivity contribution < 1.29 is 9.53 Å². The van der Waals surface area contributed by atoms with Crippen LogP contribution in [0.25, 0.3) is 0 Å². The van der Waals surface area contributed by atoms with Crippen LogP contribution in [0.15, 0.2) is 29.2 Å². The van der Waals surface area contributed by atoms with Crippen LogP contribution in [0.2, 0.25) is 0 Å². The number of carbonyl (C=O) groups excluding carboxylic acids is 1. The third kappa shape index (κ3) is 4.06. The first-order valence-electron chi connectivity index (χ1n) is 7.95. The molecular weight excluding hydrogens is 322 g/mol. The summed E-state index contributed by atoms with van der Waals surface area (Å²) < 4.78 is 5.08. The molecule has 0 saturated carbocycles. The van der Waals surface area contributed by atoms with E-state index >= 15 is 0 Å². The Kier molecular flexibility index (Phi) is 6.20. The minimum absolute atomic E-state index is 0.301. The van der Waals surface area contributed by atoms with E-state index in [4.69, 9.17) is 4.74 Å². The van der Waals surface area contributed by atoms with Crippen LogP contribution in [0.1, 0.15) is 35.6 Å². The van der Waals surface area contributed by atoms with Gasteiger partial charge < -0.3 is 9.64 Å². The zero-order valence-electron chi connectivity index (χ0n) is 14.8. The Morgan fingerprint density at radius 2 is 1.83 bits per heavy atom. The molecule has 5 nitrogen and oxygen atoms in total. The second-order valence-electron chi connectivity index (χ2n) is 5.30. The molecule has 0 fully saturated rings. The van der Waals surface area contributed by atoms with Crippen LogP contribution in [0.5, 0.6) is 0 Å². The van der Waals surface area contributed by atoms with Crippen LogP contribution < -0.4 is 4.90 Å². The van der Waals surface area contributed by atoms with Crippen molar-refractivity contribution in [2.24, 2.45) is 0 Å². The highest BCUT2D eigenvalue weighted by molar-refractivity contribution is 7.98. The predicted octanol–water partition coefficient (Wildman–Crippen LogP) is 4.15. The minimum Gasteiger partial charge on any atom is -0.462 e. The quantitative estimate of drug-likeness (QED) is 0.579. The molecule has 0 aliphatic carbocycles. The molecule has 6 heteroatoms. The van der Waals surface area contributed by atoms with E-state index in [0.717, 1.165) is 28.5 Å². The second-order valence-corrected chi connectivity index (χ2v) is 6.15. The predicted molar refractivity (Wildman–Crippen MR) is 98.4 cm³/mol. The van der Waals surface area contributed by atoms with Gasteiger partial charge in [0, 0.05) is 22.8 Å². The Hall–Kier alpha value is -2.08. The van der Waals surface area contributed by atoms with Crippen molar-refractivity contribution in [3.63, 3.8) is 0 Å².